The fourth-order valence-corrected chi connectivity index (χ4v) is 3.29. The van der Waals surface area contributed by atoms with Gasteiger partial charge in [0.05, 0.1) is 18.2 Å². The van der Waals surface area contributed by atoms with Gasteiger partial charge < -0.3 is 9.72 Å². The molecule has 3 aromatic rings. The third-order valence-electron chi connectivity index (χ3n) is 3.17. The third-order valence-corrected chi connectivity index (χ3v) is 4.28. The van der Waals surface area contributed by atoms with Crippen LogP contribution in [-0.4, -0.2) is 16.7 Å². The molecule has 3 rings (SSSR count). The molecule has 0 aliphatic rings. The summed E-state index contributed by atoms with van der Waals surface area (Å²) in [7, 11) is 1.62. The van der Waals surface area contributed by atoms with Crippen molar-refractivity contribution in [3.8, 4) is 11.4 Å². The average Bonchev–Trinajstić information content (AvgIpc) is 2.88. The van der Waals surface area contributed by atoms with Gasteiger partial charge in [-0.2, -0.15) is 0 Å². The molecule has 0 aliphatic heterocycles. The second-order valence-electron chi connectivity index (χ2n) is 4.39. The first-order valence-corrected chi connectivity index (χ1v) is 7.28. The lowest BCUT2D eigenvalue weighted by atomic mass is 10.2. The minimum atomic E-state index is -0.0988. The van der Waals surface area contributed by atoms with Crippen LogP contribution in [0.25, 0.3) is 15.9 Å². The molecular formula is C14H12N2O2S2. The molecular weight excluding hydrogens is 292 g/mol. The lowest BCUT2D eigenvalue weighted by Gasteiger charge is -2.11. The second kappa shape index (κ2) is 4.88. The van der Waals surface area contributed by atoms with E-state index in [9.17, 15) is 4.79 Å². The van der Waals surface area contributed by atoms with E-state index in [4.69, 9.17) is 17.0 Å². The minimum absolute atomic E-state index is 0.0988. The summed E-state index contributed by atoms with van der Waals surface area (Å²) in [6, 6.07) is 7.36. The number of rotatable bonds is 2. The Balaban J connectivity index is 2.35. The largest absolute Gasteiger partial charge is 0.497 e. The van der Waals surface area contributed by atoms with Crippen LogP contribution in [0.2, 0.25) is 0 Å². The van der Waals surface area contributed by atoms with Crippen molar-refractivity contribution in [2.24, 2.45) is 0 Å². The summed E-state index contributed by atoms with van der Waals surface area (Å²) < 4.78 is 7.11. The molecule has 4 nitrogen and oxygen atoms in total. The molecule has 0 fully saturated rings. The van der Waals surface area contributed by atoms with Crippen LogP contribution < -0.4 is 10.3 Å². The zero-order valence-corrected chi connectivity index (χ0v) is 12.6. The molecule has 0 bridgehead atoms. The number of aryl methyl sites for hydroxylation is 1. The van der Waals surface area contributed by atoms with Crippen molar-refractivity contribution in [2.75, 3.05) is 7.11 Å². The smallest absolute Gasteiger partial charge is 0.267 e. The zero-order chi connectivity index (χ0) is 14.3. The summed E-state index contributed by atoms with van der Waals surface area (Å²) in [5, 5.41) is 2.53. The number of aromatic amines is 1. The van der Waals surface area contributed by atoms with Crippen molar-refractivity contribution >= 4 is 33.8 Å². The standard InChI is InChI=1S/C14H12N2O2S2/c1-8-7-9(18-2)3-4-11(8)16-13(17)10-5-6-20-12(10)15-14(16)19/h3-7H,1-2H3,(H,15,19). The summed E-state index contributed by atoms with van der Waals surface area (Å²) in [5.41, 5.74) is 1.60. The van der Waals surface area contributed by atoms with Crippen molar-refractivity contribution in [3.05, 3.63) is 50.3 Å². The monoisotopic (exact) mass is 304 g/mol. The normalized spacial score (nSPS) is 10.9. The van der Waals surface area contributed by atoms with E-state index in [0.29, 0.717) is 10.2 Å². The topological polar surface area (TPSA) is 47.0 Å². The van der Waals surface area contributed by atoms with Gasteiger partial charge in [-0.05, 0) is 54.4 Å². The number of hydrogen-bond donors (Lipinski definition) is 1. The minimum Gasteiger partial charge on any atom is -0.497 e. The van der Waals surface area contributed by atoms with Crippen molar-refractivity contribution < 1.29 is 4.74 Å². The maximum Gasteiger partial charge on any atom is 0.267 e. The van der Waals surface area contributed by atoms with Crippen LogP contribution in [0.1, 0.15) is 5.56 Å². The maximum atomic E-state index is 12.6. The molecule has 1 N–H and O–H groups in total. The predicted molar refractivity (Wildman–Crippen MR) is 83.9 cm³/mol. The molecule has 102 valence electrons. The zero-order valence-electron chi connectivity index (χ0n) is 11.0. The first-order chi connectivity index (χ1) is 9.61. The molecule has 0 saturated carbocycles. The van der Waals surface area contributed by atoms with E-state index < -0.39 is 0 Å². The number of nitrogens with one attached hydrogen (secondary N) is 1. The highest BCUT2D eigenvalue weighted by molar-refractivity contribution is 7.71. The van der Waals surface area contributed by atoms with Crippen molar-refractivity contribution in [2.45, 2.75) is 6.92 Å². The Morgan fingerprint density at radius 1 is 1.35 bits per heavy atom. The molecule has 0 unspecified atom stereocenters. The summed E-state index contributed by atoms with van der Waals surface area (Å²) in [6.07, 6.45) is 0. The highest BCUT2D eigenvalue weighted by atomic mass is 32.1. The number of methoxy groups -OCH3 is 1. The van der Waals surface area contributed by atoms with Crippen molar-refractivity contribution in [1.82, 2.24) is 9.55 Å². The SMILES string of the molecule is COc1ccc(-n2c(=S)[nH]c3sccc3c2=O)c(C)c1. The Hall–Kier alpha value is -1.92. The molecule has 20 heavy (non-hydrogen) atoms. The van der Waals surface area contributed by atoms with Crippen LogP contribution in [0, 0.1) is 11.7 Å². The van der Waals surface area contributed by atoms with Gasteiger partial charge in [-0.3, -0.25) is 9.36 Å². The van der Waals surface area contributed by atoms with E-state index in [1.807, 2.05) is 36.6 Å². The summed E-state index contributed by atoms with van der Waals surface area (Å²) in [4.78, 5) is 16.5. The van der Waals surface area contributed by atoms with Crippen LogP contribution in [0.3, 0.4) is 0 Å². The quantitative estimate of drug-likeness (QED) is 0.738. The van der Waals surface area contributed by atoms with Crippen LogP contribution in [-0.2, 0) is 0 Å². The number of ether oxygens (including phenoxy) is 1. The number of thiophene rings is 1. The van der Waals surface area contributed by atoms with Gasteiger partial charge in [-0.25, -0.2) is 0 Å². The number of fused-ring (bicyclic) bond motifs is 1. The second-order valence-corrected chi connectivity index (χ2v) is 5.69. The maximum absolute atomic E-state index is 12.6. The van der Waals surface area contributed by atoms with Gasteiger partial charge in [0.1, 0.15) is 10.6 Å². The van der Waals surface area contributed by atoms with Crippen molar-refractivity contribution in [3.63, 3.8) is 0 Å². The van der Waals surface area contributed by atoms with E-state index in [1.54, 1.807) is 7.11 Å². The Kier molecular flexibility index (Phi) is 3.19. The van der Waals surface area contributed by atoms with E-state index in [2.05, 4.69) is 4.98 Å². The van der Waals surface area contributed by atoms with Gasteiger partial charge in [0, 0.05) is 0 Å². The Morgan fingerprint density at radius 2 is 2.15 bits per heavy atom. The number of aromatic nitrogens is 2. The molecule has 0 aliphatic carbocycles. The number of nitrogens with zero attached hydrogens (tertiary/aromatic N) is 1. The van der Waals surface area contributed by atoms with Crippen LogP contribution >= 0.6 is 23.6 Å². The summed E-state index contributed by atoms with van der Waals surface area (Å²) in [6.45, 7) is 1.93. The third kappa shape index (κ3) is 1.97. The van der Waals surface area contributed by atoms with Crippen molar-refractivity contribution in [1.29, 1.82) is 0 Å². The first kappa shape index (κ1) is 13.1. The first-order valence-electron chi connectivity index (χ1n) is 5.99. The number of H-pyrrole nitrogens is 1. The lowest BCUT2D eigenvalue weighted by Crippen LogP contribution is -2.20. The van der Waals surface area contributed by atoms with E-state index in [1.165, 1.54) is 15.9 Å². The van der Waals surface area contributed by atoms with Gasteiger partial charge in [0.2, 0.25) is 0 Å². The van der Waals surface area contributed by atoms with Gasteiger partial charge >= 0.3 is 0 Å². The summed E-state index contributed by atoms with van der Waals surface area (Å²) in [5.74, 6) is 0.755. The Labute approximate surface area is 124 Å². The van der Waals surface area contributed by atoms with Crippen LogP contribution in [0.5, 0.6) is 5.75 Å². The van der Waals surface area contributed by atoms with E-state index >= 15 is 0 Å². The van der Waals surface area contributed by atoms with Gasteiger partial charge in [0.15, 0.2) is 4.77 Å². The molecule has 6 heteroatoms. The van der Waals surface area contributed by atoms with Crippen LogP contribution in [0.4, 0.5) is 0 Å². The van der Waals surface area contributed by atoms with Gasteiger partial charge in [0.25, 0.3) is 5.56 Å². The highest BCUT2D eigenvalue weighted by Crippen LogP contribution is 2.21. The number of hydrogen-bond acceptors (Lipinski definition) is 4. The fraction of sp³-hybridized carbons (Fsp3) is 0.143. The summed E-state index contributed by atoms with van der Waals surface area (Å²) >= 11 is 6.79. The molecule has 2 heterocycles. The highest BCUT2D eigenvalue weighted by Gasteiger charge is 2.10. The fourth-order valence-electron chi connectivity index (χ4n) is 2.16. The molecule has 0 amide bonds. The average molecular weight is 304 g/mol. The molecule has 0 spiro atoms. The predicted octanol–water partition coefficient (Wildman–Crippen LogP) is 3.43. The molecule has 0 radical (unpaired) electrons. The Bertz CT molecular complexity index is 905. The van der Waals surface area contributed by atoms with Gasteiger partial charge in [-0.1, -0.05) is 0 Å². The Morgan fingerprint density at radius 3 is 2.85 bits per heavy atom. The molecule has 0 atom stereocenters. The lowest BCUT2D eigenvalue weighted by molar-refractivity contribution is 0.414. The molecule has 0 saturated heterocycles. The molecule has 1 aromatic carbocycles. The number of benzene rings is 1. The molecule has 2 aromatic heterocycles. The van der Waals surface area contributed by atoms with E-state index in [-0.39, 0.29) is 5.56 Å². The van der Waals surface area contributed by atoms with Gasteiger partial charge in [-0.15, -0.1) is 11.3 Å². The van der Waals surface area contributed by atoms with E-state index in [0.717, 1.165) is 21.8 Å². The van der Waals surface area contributed by atoms with Crippen LogP contribution in [0.15, 0.2) is 34.4 Å².